The highest BCUT2D eigenvalue weighted by molar-refractivity contribution is 6.32. The number of pyridine rings is 1. The van der Waals surface area contributed by atoms with Crippen molar-refractivity contribution < 1.29 is 4.79 Å². The molecule has 1 aliphatic rings. The van der Waals surface area contributed by atoms with E-state index in [4.69, 9.17) is 17.3 Å². The predicted octanol–water partition coefficient (Wildman–Crippen LogP) is 4.68. The Bertz CT molecular complexity index is 1010. The number of ketones is 1. The number of allylic oxidation sites excluding steroid dienone is 1. The minimum Gasteiger partial charge on any atom is -0.398 e. The van der Waals surface area contributed by atoms with Gasteiger partial charge in [0.05, 0.1) is 22.5 Å². The lowest BCUT2D eigenvalue weighted by molar-refractivity contribution is 0.102. The van der Waals surface area contributed by atoms with Gasteiger partial charge in [-0.15, -0.1) is 0 Å². The molecule has 0 amide bonds. The fraction of sp³-hybridized carbons (Fsp3) is 0.100. The number of anilines is 1. The third-order valence-electron chi connectivity index (χ3n) is 4.39. The van der Waals surface area contributed by atoms with Gasteiger partial charge in [-0.05, 0) is 36.6 Å². The summed E-state index contributed by atoms with van der Waals surface area (Å²) in [6.07, 6.45) is 3.20. The Hall–Kier alpha value is -2.65. The standard InChI is InChI=1S/C20H15ClN2O/c21-15-7-3-1-5-12(15)11-13-9-10-17-18(20(13)24)19(22)14-6-2-4-8-16(14)23-17/h1-8,11H,9-10H2,(H2,22,23)/b13-11+. The normalized spacial score (nSPS) is 15.7. The maximum atomic E-state index is 13.0. The van der Waals surface area contributed by atoms with Gasteiger partial charge in [-0.2, -0.15) is 0 Å². The SMILES string of the molecule is Nc1c2c(nc3ccccc13)CC/C(=C\c1ccccc1Cl)C2=O. The molecule has 0 atom stereocenters. The predicted molar refractivity (Wildman–Crippen MR) is 98.2 cm³/mol. The number of aryl methyl sites for hydroxylation is 1. The molecule has 0 spiro atoms. The fourth-order valence-electron chi connectivity index (χ4n) is 3.17. The van der Waals surface area contributed by atoms with Crippen molar-refractivity contribution in [2.45, 2.75) is 12.8 Å². The van der Waals surface area contributed by atoms with E-state index in [1.54, 1.807) is 0 Å². The number of halogens is 1. The Morgan fingerprint density at radius 3 is 2.62 bits per heavy atom. The number of carbonyl (C=O) groups excluding carboxylic acids is 1. The van der Waals surface area contributed by atoms with E-state index in [9.17, 15) is 4.79 Å². The summed E-state index contributed by atoms with van der Waals surface area (Å²) in [4.78, 5) is 17.6. The molecule has 1 heterocycles. The van der Waals surface area contributed by atoms with Crippen LogP contribution >= 0.6 is 11.6 Å². The van der Waals surface area contributed by atoms with E-state index in [0.717, 1.165) is 27.7 Å². The van der Waals surface area contributed by atoms with E-state index < -0.39 is 0 Å². The number of hydrogen-bond donors (Lipinski definition) is 1. The minimum absolute atomic E-state index is 0.0491. The van der Waals surface area contributed by atoms with Crippen LogP contribution in [-0.4, -0.2) is 10.8 Å². The number of nitrogens with two attached hydrogens (primary N) is 1. The smallest absolute Gasteiger partial charge is 0.192 e. The van der Waals surface area contributed by atoms with Gasteiger partial charge in [-0.1, -0.05) is 48.0 Å². The van der Waals surface area contributed by atoms with Gasteiger partial charge in [0.25, 0.3) is 0 Å². The molecule has 1 aliphatic carbocycles. The molecule has 0 unspecified atom stereocenters. The first-order chi connectivity index (χ1) is 11.6. The molecule has 118 valence electrons. The molecule has 0 radical (unpaired) electrons. The number of Topliss-reactive ketones (excluding diaryl/α,β-unsaturated/α-hetero) is 1. The molecule has 0 fully saturated rings. The number of carbonyl (C=O) groups is 1. The van der Waals surface area contributed by atoms with E-state index in [2.05, 4.69) is 4.98 Å². The molecule has 4 heteroatoms. The summed E-state index contributed by atoms with van der Waals surface area (Å²) in [7, 11) is 0. The molecule has 2 aromatic carbocycles. The minimum atomic E-state index is -0.0491. The average Bonchev–Trinajstić information content (AvgIpc) is 2.59. The van der Waals surface area contributed by atoms with Gasteiger partial charge >= 0.3 is 0 Å². The number of aromatic nitrogens is 1. The van der Waals surface area contributed by atoms with Crippen molar-refractivity contribution in [3.8, 4) is 0 Å². The maximum absolute atomic E-state index is 13.0. The van der Waals surface area contributed by atoms with Gasteiger partial charge in [-0.25, -0.2) is 0 Å². The lowest BCUT2D eigenvalue weighted by Crippen LogP contribution is -2.18. The molecule has 0 bridgehead atoms. The van der Waals surface area contributed by atoms with Crippen molar-refractivity contribution in [2.75, 3.05) is 5.73 Å². The van der Waals surface area contributed by atoms with Crippen LogP contribution in [0.5, 0.6) is 0 Å². The average molecular weight is 335 g/mol. The largest absolute Gasteiger partial charge is 0.398 e. The number of para-hydroxylation sites is 1. The monoisotopic (exact) mass is 334 g/mol. The number of hydrogen-bond acceptors (Lipinski definition) is 3. The Kier molecular flexibility index (Phi) is 3.58. The Morgan fingerprint density at radius 1 is 1.04 bits per heavy atom. The second-order valence-electron chi connectivity index (χ2n) is 5.88. The fourth-order valence-corrected chi connectivity index (χ4v) is 3.36. The molecule has 0 saturated carbocycles. The summed E-state index contributed by atoms with van der Waals surface area (Å²) in [6.45, 7) is 0. The molecule has 24 heavy (non-hydrogen) atoms. The second-order valence-corrected chi connectivity index (χ2v) is 6.29. The van der Waals surface area contributed by atoms with Crippen molar-refractivity contribution in [2.24, 2.45) is 0 Å². The highest BCUT2D eigenvalue weighted by atomic mass is 35.5. The van der Waals surface area contributed by atoms with Gasteiger partial charge in [0.2, 0.25) is 0 Å². The number of fused-ring (bicyclic) bond motifs is 2. The van der Waals surface area contributed by atoms with Crippen molar-refractivity contribution in [1.29, 1.82) is 0 Å². The van der Waals surface area contributed by atoms with Gasteiger partial charge < -0.3 is 5.73 Å². The lowest BCUT2D eigenvalue weighted by Gasteiger charge is -2.20. The van der Waals surface area contributed by atoms with Gasteiger partial charge in [0.15, 0.2) is 5.78 Å². The zero-order chi connectivity index (χ0) is 16.7. The first-order valence-corrected chi connectivity index (χ1v) is 8.20. The van der Waals surface area contributed by atoms with Gasteiger partial charge in [-0.3, -0.25) is 9.78 Å². The third kappa shape index (κ3) is 2.38. The summed E-state index contributed by atoms with van der Waals surface area (Å²) in [5, 5.41) is 1.46. The van der Waals surface area contributed by atoms with E-state index >= 15 is 0 Å². The van der Waals surface area contributed by atoms with Crippen LogP contribution in [-0.2, 0) is 6.42 Å². The molecule has 1 aromatic heterocycles. The maximum Gasteiger partial charge on any atom is 0.192 e. The molecule has 3 aromatic rings. The number of nitrogen functional groups attached to an aromatic ring is 1. The van der Waals surface area contributed by atoms with Crippen molar-refractivity contribution in [1.82, 2.24) is 4.98 Å². The molecule has 3 nitrogen and oxygen atoms in total. The van der Waals surface area contributed by atoms with E-state index in [1.165, 1.54) is 0 Å². The molecule has 4 rings (SSSR count). The van der Waals surface area contributed by atoms with E-state index in [-0.39, 0.29) is 5.78 Å². The van der Waals surface area contributed by atoms with E-state index in [1.807, 2.05) is 54.6 Å². The molecule has 2 N–H and O–H groups in total. The molecular weight excluding hydrogens is 320 g/mol. The third-order valence-corrected chi connectivity index (χ3v) is 4.74. The zero-order valence-corrected chi connectivity index (χ0v) is 13.7. The Labute approximate surface area is 144 Å². The van der Waals surface area contributed by atoms with Crippen LogP contribution < -0.4 is 5.73 Å². The van der Waals surface area contributed by atoms with Crippen molar-refractivity contribution in [3.63, 3.8) is 0 Å². The van der Waals surface area contributed by atoms with Gasteiger partial charge in [0.1, 0.15) is 0 Å². The first kappa shape index (κ1) is 14.9. The molecule has 0 aliphatic heterocycles. The van der Waals surface area contributed by atoms with E-state index in [0.29, 0.717) is 29.1 Å². The van der Waals surface area contributed by atoms with Crippen LogP contribution in [0, 0.1) is 0 Å². The first-order valence-electron chi connectivity index (χ1n) is 7.82. The van der Waals surface area contributed by atoms with Crippen molar-refractivity contribution in [3.05, 3.63) is 75.9 Å². The Morgan fingerprint density at radius 2 is 1.79 bits per heavy atom. The van der Waals surface area contributed by atoms with Crippen LogP contribution in [0.2, 0.25) is 5.02 Å². The summed E-state index contributed by atoms with van der Waals surface area (Å²) < 4.78 is 0. The topological polar surface area (TPSA) is 56.0 Å². The highest BCUT2D eigenvalue weighted by Gasteiger charge is 2.26. The van der Waals surface area contributed by atoms with Crippen LogP contribution in [0.15, 0.2) is 54.1 Å². The highest BCUT2D eigenvalue weighted by Crippen LogP contribution is 2.34. The summed E-state index contributed by atoms with van der Waals surface area (Å²) in [5.74, 6) is -0.0491. The number of rotatable bonds is 1. The van der Waals surface area contributed by atoms with Gasteiger partial charge in [0, 0.05) is 16.0 Å². The second kappa shape index (κ2) is 5.77. The summed E-state index contributed by atoms with van der Waals surface area (Å²) >= 11 is 6.21. The van der Waals surface area contributed by atoms with Crippen LogP contribution in [0.3, 0.4) is 0 Å². The Balaban J connectivity index is 1.86. The lowest BCUT2D eigenvalue weighted by atomic mass is 9.87. The quantitative estimate of drug-likeness (QED) is 0.657. The van der Waals surface area contributed by atoms with Crippen LogP contribution in [0.4, 0.5) is 5.69 Å². The van der Waals surface area contributed by atoms with Crippen LogP contribution in [0.1, 0.15) is 28.0 Å². The summed E-state index contributed by atoms with van der Waals surface area (Å²) in [5.41, 5.74) is 10.5. The number of nitrogens with zero attached hydrogens (tertiary/aromatic N) is 1. The molecule has 0 saturated heterocycles. The zero-order valence-electron chi connectivity index (χ0n) is 12.9. The van der Waals surface area contributed by atoms with Crippen molar-refractivity contribution >= 4 is 40.1 Å². The summed E-state index contributed by atoms with van der Waals surface area (Å²) in [6, 6.07) is 15.1. The molecular formula is C20H15ClN2O. The van der Waals surface area contributed by atoms with Crippen LogP contribution in [0.25, 0.3) is 17.0 Å². The number of benzene rings is 2.